The number of carboxylic acid groups (broad SMARTS) is 1. The fourth-order valence-corrected chi connectivity index (χ4v) is 3.40. The predicted molar refractivity (Wildman–Crippen MR) is 117 cm³/mol. The summed E-state index contributed by atoms with van der Waals surface area (Å²) < 4.78 is 6.89. The fraction of sp³-hybridized carbons (Fsp3) is 0.0417. The molecule has 31 heavy (non-hydrogen) atoms. The molecule has 0 saturated heterocycles. The molecule has 0 spiro atoms. The normalized spacial score (nSPS) is 10.6. The van der Waals surface area contributed by atoms with Crippen molar-refractivity contribution in [1.82, 2.24) is 9.55 Å². The Kier molecular flexibility index (Phi) is 5.82. The third kappa shape index (κ3) is 4.34. The first-order valence-electron chi connectivity index (χ1n) is 9.41. The second kappa shape index (κ2) is 8.85. The number of hydrogen-bond acceptors (Lipinski definition) is 4. The monoisotopic (exact) mass is 432 g/mol. The van der Waals surface area contributed by atoms with Crippen molar-refractivity contribution < 1.29 is 19.4 Å². The molecule has 2 aromatic heterocycles. The second-order valence-corrected chi connectivity index (χ2v) is 7.11. The Labute approximate surface area is 183 Å². The highest BCUT2D eigenvalue weighted by Gasteiger charge is 2.22. The maximum absolute atomic E-state index is 13.2. The summed E-state index contributed by atoms with van der Waals surface area (Å²) in [7, 11) is 0. The van der Waals surface area contributed by atoms with E-state index in [9.17, 15) is 14.7 Å². The van der Waals surface area contributed by atoms with Gasteiger partial charge in [-0.15, -0.1) is 0 Å². The van der Waals surface area contributed by atoms with E-state index in [1.165, 1.54) is 6.07 Å². The Hall–Kier alpha value is -3.90. The van der Waals surface area contributed by atoms with Crippen LogP contribution in [0.4, 0.5) is 0 Å². The zero-order chi connectivity index (χ0) is 21.8. The lowest BCUT2D eigenvalue weighted by Gasteiger charge is -2.12. The first-order chi connectivity index (χ1) is 15.0. The van der Waals surface area contributed by atoms with Crippen LogP contribution >= 0.6 is 11.6 Å². The minimum atomic E-state index is -1.20. The van der Waals surface area contributed by atoms with Crippen molar-refractivity contribution >= 4 is 23.5 Å². The molecule has 0 saturated carbocycles. The highest BCUT2D eigenvalue weighted by Crippen LogP contribution is 2.30. The molecule has 4 rings (SSSR count). The molecule has 2 aromatic carbocycles. The summed E-state index contributed by atoms with van der Waals surface area (Å²) in [5.74, 6) is -1.09. The van der Waals surface area contributed by atoms with Crippen LogP contribution in [-0.2, 0) is 6.61 Å². The number of aromatic nitrogens is 2. The van der Waals surface area contributed by atoms with Gasteiger partial charge in [0.2, 0.25) is 0 Å². The molecule has 0 aliphatic carbocycles. The molecule has 0 amide bonds. The molecule has 0 bridgehead atoms. The molecular formula is C24H17ClN2O4. The Balaban J connectivity index is 1.63. The molecule has 1 N–H and O–H groups in total. The van der Waals surface area contributed by atoms with Gasteiger partial charge in [-0.1, -0.05) is 29.8 Å². The molecule has 154 valence electrons. The highest BCUT2D eigenvalue weighted by molar-refractivity contribution is 6.33. The number of halogens is 1. The van der Waals surface area contributed by atoms with E-state index in [1.807, 2.05) is 12.1 Å². The second-order valence-electron chi connectivity index (χ2n) is 6.70. The number of hydrogen-bond donors (Lipinski definition) is 1. The molecule has 0 radical (unpaired) electrons. The highest BCUT2D eigenvalue weighted by atomic mass is 35.5. The Morgan fingerprint density at radius 2 is 1.65 bits per heavy atom. The Morgan fingerprint density at radius 1 is 0.935 bits per heavy atom. The molecule has 0 aliphatic rings. The molecular weight excluding hydrogens is 416 g/mol. The summed E-state index contributed by atoms with van der Waals surface area (Å²) >= 11 is 6.28. The molecule has 0 unspecified atom stereocenters. The summed E-state index contributed by atoms with van der Waals surface area (Å²) in [5.41, 5.74) is 2.13. The number of carboxylic acids is 1. The molecule has 6 nitrogen and oxygen atoms in total. The van der Waals surface area contributed by atoms with Crippen LogP contribution in [0.1, 0.15) is 26.4 Å². The van der Waals surface area contributed by atoms with E-state index in [4.69, 9.17) is 16.3 Å². The largest absolute Gasteiger partial charge is 0.489 e. The van der Waals surface area contributed by atoms with Crippen molar-refractivity contribution in [2.75, 3.05) is 0 Å². The van der Waals surface area contributed by atoms with Crippen molar-refractivity contribution in [2.45, 2.75) is 6.61 Å². The SMILES string of the molecule is O=C(O)c1ccc(-c2ccccc2Cl)n1C(=O)c1ccc(OCc2ccncc2)cc1. The van der Waals surface area contributed by atoms with Gasteiger partial charge in [0, 0.05) is 28.5 Å². The average molecular weight is 433 g/mol. The maximum atomic E-state index is 13.2. The van der Waals surface area contributed by atoms with Gasteiger partial charge >= 0.3 is 5.97 Å². The van der Waals surface area contributed by atoms with Gasteiger partial charge in [0.15, 0.2) is 0 Å². The third-order valence-corrected chi connectivity index (χ3v) is 5.04. The van der Waals surface area contributed by atoms with E-state index < -0.39 is 11.9 Å². The van der Waals surface area contributed by atoms with E-state index in [1.54, 1.807) is 67.0 Å². The van der Waals surface area contributed by atoms with Gasteiger partial charge in [-0.3, -0.25) is 14.3 Å². The summed E-state index contributed by atoms with van der Waals surface area (Å²) in [6.45, 7) is 0.368. The van der Waals surface area contributed by atoms with Crippen molar-refractivity contribution in [2.24, 2.45) is 0 Å². The van der Waals surface area contributed by atoms with E-state index in [2.05, 4.69) is 4.98 Å². The molecule has 7 heteroatoms. The van der Waals surface area contributed by atoms with Gasteiger partial charge in [-0.25, -0.2) is 4.79 Å². The third-order valence-electron chi connectivity index (χ3n) is 4.71. The summed E-state index contributed by atoms with van der Waals surface area (Å²) in [5, 5.41) is 10.0. The van der Waals surface area contributed by atoms with Crippen LogP contribution in [-0.4, -0.2) is 26.5 Å². The van der Waals surface area contributed by atoms with Crippen molar-refractivity contribution in [3.05, 3.63) is 107 Å². The van der Waals surface area contributed by atoms with Gasteiger partial charge in [-0.05, 0) is 60.2 Å². The van der Waals surface area contributed by atoms with Crippen LogP contribution in [0.25, 0.3) is 11.3 Å². The van der Waals surface area contributed by atoms with Gasteiger partial charge in [0.05, 0.1) is 5.69 Å². The number of ether oxygens (including phenoxy) is 1. The summed E-state index contributed by atoms with van der Waals surface area (Å²) in [4.78, 5) is 28.9. The Morgan fingerprint density at radius 3 is 2.32 bits per heavy atom. The summed E-state index contributed by atoms with van der Waals surface area (Å²) in [6, 6.07) is 20.2. The smallest absolute Gasteiger partial charge is 0.352 e. The van der Waals surface area contributed by atoms with Gasteiger partial charge < -0.3 is 9.84 Å². The van der Waals surface area contributed by atoms with Crippen LogP contribution in [0, 0.1) is 0 Å². The lowest BCUT2D eigenvalue weighted by atomic mass is 10.1. The van der Waals surface area contributed by atoms with E-state index in [0.717, 1.165) is 10.1 Å². The van der Waals surface area contributed by atoms with Gasteiger partial charge in [-0.2, -0.15) is 0 Å². The standard InChI is InChI=1S/C24H17ClN2O4/c25-20-4-2-1-3-19(20)21-9-10-22(24(29)30)27(21)23(28)17-5-7-18(8-6-17)31-15-16-11-13-26-14-12-16/h1-14H,15H2,(H,29,30). The maximum Gasteiger partial charge on any atom is 0.352 e. The Bertz CT molecular complexity index is 1230. The number of carbonyl (C=O) groups is 2. The number of benzene rings is 2. The zero-order valence-electron chi connectivity index (χ0n) is 16.2. The average Bonchev–Trinajstić information content (AvgIpc) is 3.24. The first kappa shape index (κ1) is 20.4. The lowest BCUT2D eigenvalue weighted by molar-refractivity contribution is 0.0677. The van der Waals surface area contributed by atoms with Crippen molar-refractivity contribution in [3.8, 4) is 17.0 Å². The van der Waals surface area contributed by atoms with Crippen LogP contribution in [0.3, 0.4) is 0 Å². The minimum Gasteiger partial charge on any atom is -0.489 e. The molecule has 0 aliphatic heterocycles. The van der Waals surface area contributed by atoms with E-state index >= 15 is 0 Å². The van der Waals surface area contributed by atoms with E-state index in [0.29, 0.717) is 34.2 Å². The number of aromatic carboxylic acids is 1. The van der Waals surface area contributed by atoms with Crippen molar-refractivity contribution in [3.63, 3.8) is 0 Å². The molecule has 0 atom stereocenters. The van der Waals surface area contributed by atoms with Gasteiger partial charge in [0.25, 0.3) is 5.91 Å². The van der Waals surface area contributed by atoms with Crippen LogP contribution in [0.15, 0.2) is 85.2 Å². The molecule has 2 heterocycles. The molecule has 0 fully saturated rings. The number of carbonyl (C=O) groups excluding carboxylic acids is 1. The quantitative estimate of drug-likeness (QED) is 0.454. The van der Waals surface area contributed by atoms with Crippen molar-refractivity contribution in [1.29, 1.82) is 0 Å². The topological polar surface area (TPSA) is 81.4 Å². The summed E-state index contributed by atoms with van der Waals surface area (Å²) in [6.07, 6.45) is 3.38. The lowest BCUT2D eigenvalue weighted by Crippen LogP contribution is -2.19. The van der Waals surface area contributed by atoms with Gasteiger partial charge in [0.1, 0.15) is 18.1 Å². The van der Waals surface area contributed by atoms with Crippen LogP contribution in [0.2, 0.25) is 5.02 Å². The predicted octanol–water partition coefficient (Wildman–Crippen LogP) is 5.17. The number of nitrogens with zero attached hydrogens (tertiary/aromatic N) is 2. The zero-order valence-corrected chi connectivity index (χ0v) is 17.0. The first-order valence-corrected chi connectivity index (χ1v) is 9.79. The molecule has 4 aromatic rings. The minimum absolute atomic E-state index is 0.141. The number of pyridine rings is 1. The van der Waals surface area contributed by atoms with E-state index in [-0.39, 0.29) is 5.69 Å². The number of rotatable bonds is 6. The van der Waals surface area contributed by atoms with Crippen LogP contribution < -0.4 is 4.74 Å². The van der Waals surface area contributed by atoms with Crippen LogP contribution in [0.5, 0.6) is 5.75 Å². The fourth-order valence-electron chi connectivity index (χ4n) is 3.17.